The first-order chi connectivity index (χ1) is 15.5. The molecule has 32 heavy (non-hydrogen) atoms. The molecule has 2 aromatic carbocycles. The van der Waals surface area contributed by atoms with Crippen molar-refractivity contribution in [1.29, 1.82) is 0 Å². The summed E-state index contributed by atoms with van der Waals surface area (Å²) in [5.74, 6) is 1.89. The van der Waals surface area contributed by atoms with Crippen LogP contribution < -0.4 is 9.64 Å². The molecule has 3 heterocycles. The summed E-state index contributed by atoms with van der Waals surface area (Å²) >= 11 is 0. The summed E-state index contributed by atoms with van der Waals surface area (Å²) in [6.07, 6.45) is 7.88. The van der Waals surface area contributed by atoms with E-state index in [1.807, 2.05) is 30.3 Å². The fraction of sp³-hybridized carbons (Fsp3) is 0.308. The number of aromatic nitrogens is 4. The van der Waals surface area contributed by atoms with Gasteiger partial charge in [-0.25, -0.2) is 9.97 Å². The van der Waals surface area contributed by atoms with E-state index in [9.17, 15) is 0 Å². The zero-order chi connectivity index (χ0) is 22.2. The number of nitrogens with zero attached hydrogens (tertiary/aromatic N) is 5. The van der Waals surface area contributed by atoms with Crippen molar-refractivity contribution in [2.75, 3.05) is 18.6 Å². The van der Waals surface area contributed by atoms with Gasteiger partial charge in [-0.15, -0.1) is 0 Å². The maximum atomic E-state index is 5.73. The van der Waals surface area contributed by atoms with Crippen LogP contribution in [0.15, 0.2) is 61.3 Å². The summed E-state index contributed by atoms with van der Waals surface area (Å²) in [4.78, 5) is 11.6. The number of hydrogen-bond acceptors (Lipinski definition) is 4. The van der Waals surface area contributed by atoms with Gasteiger partial charge in [-0.3, -0.25) is 0 Å². The molecule has 0 fully saturated rings. The number of imidazole rings is 2. The lowest BCUT2D eigenvalue weighted by atomic mass is 10.0. The van der Waals surface area contributed by atoms with E-state index in [4.69, 9.17) is 9.72 Å². The second-order valence-electron chi connectivity index (χ2n) is 8.55. The first-order valence-electron chi connectivity index (χ1n) is 11.1. The lowest BCUT2D eigenvalue weighted by Gasteiger charge is -2.34. The molecule has 1 aliphatic rings. The summed E-state index contributed by atoms with van der Waals surface area (Å²) in [6.45, 7) is 7.39. The van der Waals surface area contributed by atoms with Gasteiger partial charge in [0.05, 0.1) is 42.2 Å². The number of aryl methyl sites for hydroxylation is 2. The van der Waals surface area contributed by atoms with E-state index >= 15 is 0 Å². The molecule has 6 heteroatoms. The SMILES string of the molecule is COc1cc(-n2cnc3c2CCCN3C(C)c2ccc(C)cc2)ccc1-n1cnc(C)c1. The molecular weight excluding hydrogens is 398 g/mol. The molecule has 1 unspecified atom stereocenters. The van der Waals surface area contributed by atoms with Gasteiger partial charge in [0.25, 0.3) is 0 Å². The van der Waals surface area contributed by atoms with Gasteiger partial charge in [0.2, 0.25) is 0 Å². The second kappa shape index (κ2) is 8.19. The topological polar surface area (TPSA) is 48.1 Å². The average molecular weight is 428 g/mol. The molecule has 0 saturated heterocycles. The van der Waals surface area contributed by atoms with E-state index < -0.39 is 0 Å². The summed E-state index contributed by atoms with van der Waals surface area (Å²) in [6, 6.07) is 15.4. The molecule has 0 N–H and O–H groups in total. The van der Waals surface area contributed by atoms with Crippen molar-refractivity contribution in [3.8, 4) is 17.1 Å². The van der Waals surface area contributed by atoms with Gasteiger partial charge in [0.15, 0.2) is 5.82 Å². The Bertz CT molecular complexity index is 1240. The number of methoxy groups -OCH3 is 1. The van der Waals surface area contributed by atoms with Crippen LogP contribution in [0.25, 0.3) is 11.4 Å². The fourth-order valence-electron chi connectivity index (χ4n) is 4.57. The van der Waals surface area contributed by atoms with Crippen molar-refractivity contribution >= 4 is 5.82 Å². The Morgan fingerprint density at radius 1 is 1.00 bits per heavy atom. The van der Waals surface area contributed by atoms with Crippen molar-refractivity contribution in [2.45, 2.75) is 39.7 Å². The predicted octanol–water partition coefficient (Wildman–Crippen LogP) is 5.20. The fourth-order valence-corrected chi connectivity index (χ4v) is 4.57. The van der Waals surface area contributed by atoms with E-state index in [-0.39, 0.29) is 6.04 Å². The number of rotatable bonds is 5. The Balaban J connectivity index is 1.49. The van der Waals surface area contributed by atoms with Crippen LogP contribution in [0.4, 0.5) is 5.82 Å². The Morgan fingerprint density at radius 3 is 2.53 bits per heavy atom. The summed E-state index contributed by atoms with van der Waals surface area (Å²) in [5, 5.41) is 0. The minimum Gasteiger partial charge on any atom is -0.494 e. The highest BCUT2D eigenvalue weighted by molar-refractivity contribution is 5.57. The van der Waals surface area contributed by atoms with Gasteiger partial charge in [-0.05, 0) is 51.3 Å². The maximum Gasteiger partial charge on any atom is 0.150 e. The lowest BCUT2D eigenvalue weighted by Crippen LogP contribution is -2.32. The highest BCUT2D eigenvalue weighted by atomic mass is 16.5. The summed E-state index contributed by atoms with van der Waals surface area (Å²) < 4.78 is 9.92. The van der Waals surface area contributed by atoms with Gasteiger partial charge in [-0.2, -0.15) is 0 Å². The minimum absolute atomic E-state index is 0.277. The van der Waals surface area contributed by atoms with Gasteiger partial charge >= 0.3 is 0 Å². The monoisotopic (exact) mass is 427 g/mol. The van der Waals surface area contributed by atoms with Crippen LogP contribution >= 0.6 is 0 Å². The molecular formula is C26H29N5O. The molecule has 0 radical (unpaired) electrons. The highest BCUT2D eigenvalue weighted by Crippen LogP contribution is 2.35. The molecule has 164 valence electrons. The standard InChI is InChI=1S/C26H29N5O/c1-18-7-9-21(10-8-18)20(3)30-13-5-6-24-26(30)28-17-31(24)22-11-12-23(25(14-22)32-4)29-15-19(2)27-16-29/h7-12,14-17,20H,5-6,13H2,1-4H3. The first-order valence-corrected chi connectivity index (χ1v) is 11.1. The summed E-state index contributed by atoms with van der Waals surface area (Å²) in [7, 11) is 1.71. The van der Waals surface area contributed by atoms with Gasteiger partial charge in [0.1, 0.15) is 12.1 Å². The van der Waals surface area contributed by atoms with Crippen LogP contribution in [0.5, 0.6) is 5.75 Å². The quantitative estimate of drug-likeness (QED) is 0.439. The van der Waals surface area contributed by atoms with E-state index in [1.165, 1.54) is 16.8 Å². The molecule has 0 amide bonds. The van der Waals surface area contributed by atoms with E-state index in [1.54, 1.807) is 7.11 Å². The average Bonchev–Trinajstić information content (AvgIpc) is 3.45. The number of hydrogen-bond donors (Lipinski definition) is 0. The zero-order valence-corrected chi connectivity index (χ0v) is 19.1. The normalized spacial score (nSPS) is 14.3. The van der Waals surface area contributed by atoms with Crippen LogP contribution in [0.1, 0.15) is 41.9 Å². The molecule has 0 saturated carbocycles. The number of benzene rings is 2. The molecule has 0 aliphatic carbocycles. The predicted molar refractivity (Wildman–Crippen MR) is 127 cm³/mol. The maximum absolute atomic E-state index is 5.73. The van der Waals surface area contributed by atoms with Gasteiger partial charge in [-0.1, -0.05) is 29.8 Å². The zero-order valence-electron chi connectivity index (χ0n) is 19.1. The Labute approximate surface area is 189 Å². The number of anilines is 1. The third kappa shape index (κ3) is 3.55. The van der Waals surface area contributed by atoms with Crippen molar-refractivity contribution in [3.63, 3.8) is 0 Å². The van der Waals surface area contributed by atoms with Crippen LogP contribution in [0.2, 0.25) is 0 Å². The Kier molecular flexibility index (Phi) is 5.21. The highest BCUT2D eigenvalue weighted by Gasteiger charge is 2.27. The molecule has 0 bridgehead atoms. The van der Waals surface area contributed by atoms with E-state index in [2.05, 4.69) is 70.8 Å². The first kappa shape index (κ1) is 20.4. The van der Waals surface area contributed by atoms with Gasteiger partial charge < -0.3 is 18.8 Å². The van der Waals surface area contributed by atoms with Crippen molar-refractivity contribution < 1.29 is 4.74 Å². The number of fused-ring (bicyclic) bond motifs is 1. The third-order valence-corrected chi connectivity index (χ3v) is 6.39. The van der Waals surface area contributed by atoms with Crippen molar-refractivity contribution in [2.24, 2.45) is 0 Å². The molecule has 2 aromatic heterocycles. The Morgan fingerprint density at radius 2 is 1.81 bits per heavy atom. The Hall–Kier alpha value is -3.54. The van der Waals surface area contributed by atoms with Crippen LogP contribution in [-0.2, 0) is 6.42 Å². The lowest BCUT2D eigenvalue weighted by molar-refractivity contribution is 0.412. The van der Waals surface area contributed by atoms with E-state index in [0.717, 1.165) is 48.0 Å². The van der Waals surface area contributed by atoms with Crippen LogP contribution in [0.3, 0.4) is 0 Å². The second-order valence-corrected chi connectivity index (χ2v) is 8.55. The van der Waals surface area contributed by atoms with Crippen molar-refractivity contribution in [3.05, 3.63) is 83.8 Å². The van der Waals surface area contributed by atoms with Crippen LogP contribution in [0, 0.1) is 13.8 Å². The molecule has 1 aliphatic heterocycles. The largest absolute Gasteiger partial charge is 0.494 e. The van der Waals surface area contributed by atoms with Gasteiger partial charge in [0, 0.05) is 18.8 Å². The molecule has 0 spiro atoms. The molecule has 6 nitrogen and oxygen atoms in total. The van der Waals surface area contributed by atoms with Crippen molar-refractivity contribution in [1.82, 2.24) is 19.1 Å². The summed E-state index contributed by atoms with van der Waals surface area (Å²) in [5.41, 5.74) is 6.86. The number of ether oxygens (including phenoxy) is 1. The molecule has 5 rings (SSSR count). The minimum atomic E-state index is 0.277. The third-order valence-electron chi connectivity index (χ3n) is 6.39. The smallest absolute Gasteiger partial charge is 0.150 e. The molecule has 4 aromatic rings. The van der Waals surface area contributed by atoms with E-state index in [0.29, 0.717) is 0 Å². The molecule has 1 atom stereocenters. The van der Waals surface area contributed by atoms with Crippen LogP contribution in [-0.4, -0.2) is 32.8 Å².